The summed E-state index contributed by atoms with van der Waals surface area (Å²) >= 11 is 0. The average molecular weight is 365 g/mol. The summed E-state index contributed by atoms with van der Waals surface area (Å²) in [4.78, 5) is 14.7. The van der Waals surface area contributed by atoms with Gasteiger partial charge in [0.25, 0.3) is 0 Å². The fourth-order valence-corrected chi connectivity index (χ4v) is 2.81. The highest BCUT2D eigenvalue weighted by Crippen LogP contribution is 2.11. The highest BCUT2D eigenvalue weighted by atomic mass is 16.6. The second kappa shape index (κ2) is 12.8. The number of hydrogen-bond acceptors (Lipinski definition) is 5. The van der Waals surface area contributed by atoms with Gasteiger partial charge in [-0.25, -0.2) is 0 Å². The minimum absolute atomic E-state index is 0.0776. The zero-order valence-corrected chi connectivity index (χ0v) is 15.7. The highest BCUT2D eigenvalue weighted by molar-refractivity contribution is 5.78. The van der Waals surface area contributed by atoms with Crippen LogP contribution in [0.4, 0.5) is 0 Å². The Bertz CT molecular complexity index is 480. The molecule has 6 nitrogen and oxygen atoms in total. The lowest BCUT2D eigenvalue weighted by atomic mass is 10.00. The van der Waals surface area contributed by atoms with Gasteiger partial charge in [-0.15, -0.1) is 0 Å². The van der Waals surface area contributed by atoms with E-state index in [1.807, 2.05) is 30.0 Å². The standard InChI is InChI=1S/C20H31NO5/c1-18(17-19-5-3-2-4-6-19)20(22)21-7-9-23-11-13-25-15-16-26-14-12-24-10-8-21/h2-6,18H,7-17H2,1H3/t18-/m0/s1. The van der Waals surface area contributed by atoms with Crippen molar-refractivity contribution in [2.75, 3.05) is 65.9 Å². The van der Waals surface area contributed by atoms with Crippen LogP contribution in [0.5, 0.6) is 0 Å². The zero-order chi connectivity index (χ0) is 18.5. The van der Waals surface area contributed by atoms with Crippen LogP contribution < -0.4 is 0 Å². The number of carbonyl (C=O) groups excluding carboxylic acids is 1. The van der Waals surface area contributed by atoms with Gasteiger partial charge < -0.3 is 23.8 Å². The van der Waals surface area contributed by atoms with Crippen molar-refractivity contribution in [3.63, 3.8) is 0 Å². The van der Waals surface area contributed by atoms with Crippen LogP contribution in [0.15, 0.2) is 30.3 Å². The minimum atomic E-state index is -0.0776. The normalized spacial score (nSPS) is 20.0. The molecule has 1 amide bonds. The SMILES string of the molecule is C[C@@H](Cc1ccccc1)C(=O)N1CCOCCOCCOCCOCC1. The van der Waals surface area contributed by atoms with Crippen molar-refractivity contribution in [3.8, 4) is 0 Å². The fourth-order valence-electron chi connectivity index (χ4n) is 2.81. The van der Waals surface area contributed by atoms with Gasteiger partial charge in [0.1, 0.15) is 0 Å². The first-order valence-corrected chi connectivity index (χ1v) is 9.41. The van der Waals surface area contributed by atoms with Crippen molar-refractivity contribution >= 4 is 5.91 Å². The van der Waals surface area contributed by atoms with E-state index in [1.165, 1.54) is 5.56 Å². The summed E-state index contributed by atoms with van der Waals surface area (Å²) in [5, 5.41) is 0. The average Bonchev–Trinajstić information content (AvgIpc) is 2.67. The molecule has 0 saturated carbocycles. The van der Waals surface area contributed by atoms with Crippen LogP contribution in [-0.4, -0.2) is 76.8 Å². The van der Waals surface area contributed by atoms with Crippen LogP contribution in [0.25, 0.3) is 0 Å². The van der Waals surface area contributed by atoms with Crippen LogP contribution in [0.3, 0.4) is 0 Å². The van der Waals surface area contributed by atoms with Gasteiger partial charge in [0.15, 0.2) is 0 Å². The predicted molar refractivity (Wildman–Crippen MR) is 99.2 cm³/mol. The Kier molecular flexibility index (Phi) is 10.3. The van der Waals surface area contributed by atoms with Gasteiger partial charge in [-0.1, -0.05) is 37.3 Å². The second-order valence-electron chi connectivity index (χ2n) is 6.37. The van der Waals surface area contributed by atoms with Crippen molar-refractivity contribution in [2.45, 2.75) is 13.3 Å². The van der Waals surface area contributed by atoms with Crippen LogP contribution in [-0.2, 0) is 30.2 Å². The zero-order valence-electron chi connectivity index (χ0n) is 15.7. The van der Waals surface area contributed by atoms with E-state index in [1.54, 1.807) is 0 Å². The van der Waals surface area contributed by atoms with Gasteiger partial charge in [0, 0.05) is 19.0 Å². The Morgan fingerprint density at radius 1 is 0.846 bits per heavy atom. The van der Waals surface area contributed by atoms with Gasteiger partial charge in [-0.3, -0.25) is 4.79 Å². The third-order valence-electron chi connectivity index (χ3n) is 4.25. The quantitative estimate of drug-likeness (QED) is 0.817. The molecule has 6 heteroatoms. The molecule has 0 unspecified atom stereocenters. The maximum atomic E-state index is 12.9. The Morgan fingerprint density at radius 2 is 1.31 bits per heavy atom. The molecule has 26 heavy (non-hydrogen) atoms. The van der Waals surface area contributed by atoms with Crippen LogP contribution >= 0.6 is 0 Å². The number of benzene rings is 1. The Balaban J connectivity index is 1.85. The summed E-state index contributed by atoms with van der Waals surface area (Å²) in [6.07, 6.45) is 0.736. The summed E-state index contributed by atoms with van der Waals surface area (Å²) in [6.45, 7) is 7.37. The number of carbonyl (C=O) groups is 1. The maximum absolute atomic E-state index is 12.9. The van der Waals surface area contributed by atoms with Gasteiger partial charge in [0.05, 0.1) is 52.9 Å². The number of nitrogens with zero attached hydrogens (tertiary/aromatic N) is 1. The molecule has 1 aromatic rings. The van der Waals surface area contributed by atoms with E-state index >= 15 is 0 Å². The van der Waals surface area contributed by atoms with Crippen LogP contribution in [0, 0.1) is 5.92 Å². The van der Waals surface area contributed by atoms with Gasteiger partial charge in [0.2, 0.25) is 5.91 Å². The fraction of sp³-hybridized carbons (Fsp3) is 0.650. The van der Waals surface area contributed by atoms with E-state index in [-0.39, 0.29) is 11.8 Å². The molecule has 0 aromatic heterocycles. The molecule has 1 aliphatic rings. The van der Waals surface area contributed by atoms with E-state index in [9.17, 15) is 4.79 Å². The lowest BCUT2D eigenvalue weighted by Gasteiger charge is -2.26. The number of amides is 1. The molecule has 0 aliphatic carbocycles. The first-order valence-electron chi connectivity index (χ1n) is 9.41. The van der Waals surface area contributed by atoms with E-state index in [0.717, 1.165) is 6.42 Å². The molecule has 146 valence electrons. The minimum Gasteiger partial charge on any atom is -0.377 e. The monoisotopic (exact) mass is 365 g/mol. The van der Waals surface area contributed by atoms with Crippen LogP contribution in [0.1, 0.15) is 12.5 Å². The highest BCUT2D eigenvalue weighted by Gasteiger charge is 2.20. The molecule has 1 aromatic carbocycles. The van der Waals surface area contributed by atoms with E-state index < -0.39 is 0 Å². The molecule has 0 radical (unpaired) electrons. The first-order chi connectivity index (χ1) is 12.8. The predicted octanol–water partition coefficient (Wildman–Crippen LogP) is 1.77. The molecular weight excluding hydrogens is 334 g/mol. The Hall–Kier alpha value is -1.47. The second-order valence-corrected chi connectivity index (χ2v) is 6.37. The van der Waals surface area contributed by atoms with Crippen LogP contribution in [0.2, 0.25) is 0 Å². The van der Waals surface area contributed by atoms with E-state index in [0.29, 0.717) is 65.9 Å². The van der Waals surface area contributed by atoms with Crippen molar-refractivity contribution in [1.29, 1.82) is 0 Å². The lowest BCUT2D eigenvalue weighted by Crippen LogP contribution is -2.40. The molecule has 0 bridgehead atoms. The van der Waals surface area contributed by atoms with Crippen molar-refractivity contribution < 1.29 is 23.7 Å². The number of ether oxygens (including phenoxy) is 4. The largest absolute Gasteiger partial charge is 0.377 e. The summed E-state index contributed by atoms with van der Waals surface area (Å²) in [5.74, 6) is 0.0593. The molecular formula is C20H31NO5. The molecule has 1 fully saturated rings. The third kappa shape index (κ3) is 8.27. The molecule has 1 saturated heterocycles. The molecule has 1 heterocycles. The van der Waals surface area contributed by atoms with E-state index in [4.69, 9.17) is 18.9 Å². The van der Waals surface area contributed by atoms with Gasteiger partial charge in [-0.2, -0.15) is 0 Å². The van der Waals surface area contributed by atoms with Crippen molar-refractivity contribution in [1.82, 2.24) is 4.90 Å². The van der Waals surface area contributed by atoms with Crippen molar-refractivity contribution in [2.24, 2.45) is 5.92 Å². The summed E-state index contributed by atoms with van der Waals surface area (Å²) in [5.41, 5.74) is 1.17. The number of rotatable bonds is 3. The topological polar surface area (TPSA) is 57.2 Å². The molecule has 1 aliphatic heterocycles. The summed E-state index contributed by atoms with van der Waals surface area (Å²) in [6, 6.07) is 10.1. The molecule has 0 spiro atoms. The Morgan fingerprint density at radius 3 is 1.81 bits per heavy atom. The molecule has 0 N–H and O–H groups in total. The molecule has 1 atom stereocenters. The van der Waals surface area contributed by atoms with Gasteiger partial charge >= 0.3 is 0 Å². The smallest absolute Gasteiger partial charge is 0.225 e. The maximum Gasteiger partial charge on any atom is 0.225 e. The lowest BCUT2D eigenvalue weighted by molar-refractivity contribution is -0.136. The first kappa shape index (κ1) is 20.8. The van der Waals surface area contributed by atoms with Gasteiger partial charge in [-0.05, 0) is 12.0 Å². The molecule has 2 rings (SSSR count). The third-order valence-corrected chi connectivity index (χ3v) is 4.25. The van der Waals surface area contributed by atoms with E-state index in [2.05, 4.69) is 12.1 Å². The summed E-state index contributed by atoms with van der Waals surface area (Å²) < 4.78 is 22.0. The number of hydrogen-bond donors (Lipinski definition) is 0. The summed E-state index contributed by atoms with van der Waals surface area (Å²) in [7, 11) is 0. The Labute approximate surface area is 156 Å². The van der Waals surface area contributed by atoms with Crippen molar-refractivity contribution in [3.05, 3.63) is 35.9 Å².